The van der Waals surface area contributed by atoms with Crippen molar-refractivity contribution in [1.82, 2.24) is 15.5 Å². The van der Waals surface area contributed by atoms with Gasteiger partial charge in [0.1, 0.15) is 0 Å². The molecule has 0 fully saturated rings. The summed E-state index contributed by atoms with van der Waals surface area (Å²) in [6.45, 7) is 0.234. The molecule has 5 nitrogen and oxygen atoms in total. The van der Waals surface area contributed by atoms with E-state index in [9.17, 15) is 4.79 Å². The van der Waals surface area contributed by atoms with E-state index in [4.69, 9.17) is 16.1 Å². The zero-order valence-electron chi connectivity index (χ0n) is 12.9. The predicted octanol–water partition coefficient (Wildman–Crippen LogP) is 3.64. The van der Waals surface area contributed by atoms with E-state index in [1.807, 2.05) is 42.5 Å². The third-order valence-corrected chi connectivity index (χ3v) is 3.70. The third kappa shape index (κ3) is 4.43. The van der Waals surface area contributed by atoms with Crippen molar-refractivity contribution < 1.29 is 9.32 Å². The highest BCUT2D eigenvalue weighted by atomic mass is 35.5. The summed E-state index contributed by atoms with van der Waals surface area (Å²) in [6.07, 6.45) is 1.12. The highest BCUT2D eigenvalue weighted by Gasteiger charge is 2.10. The number of nitrogens with one attached hydrogen (secondary N) is 1. The highest BCUT2D eigenvalue weighted by molar-refractivity contribution is 6.30. The fraction of sp³-hybridized carbons (Fsp3) is 0.167. The lowest BCUT2D eigenvalue weighted by Crippen LogP contribution is -2.23. The number of rotatable bonds is 6. The van der Waals surface area contributed by atoms with Crippen LogP contribution in [0.4, 0.5) is 0 Å². The van der Waals surface area contributed by atoms with Crippen LogP contribution in [0.3, 0.4) is 0 Å². The molecule has 1 heterocycles. The maximum Gasteiger partial charge on any atom is 0.258 e. The van der Waals surface area contributed by atoms with Gasteiger partial charge >= 0.3 is 0 Å². The van der Waals surface area contributed by atoms with Crippen LogP contribution in [0.5, 0.6) is 0 Å². The topological polar surface area (TPSA) is 68.0 Å². The molecule has 6 heteroatoms. The Bertz CT molecular complexity index is 818. The lowest BCUT2D eigenvalue weighted by Gasteiger charge is -2.02. The first-order valence-corrected chi connectivity index (χ1v) is 7.97. The third-order valence-electron chi connectivity index (χ3n) is 3.47. The van der Waals surface area contributed by atoms with Crippen LogP contribution in [-0.2, 0) is 17.8 Å². The van der Waals surface area contributed by atoms with Crippen molar-refractivity contribution >= 4 is 17.5 Å². The molecule has 3 aromatic rings. The van der Waals surface area contributed by atoms with Crippen molar-refractivity contribution in [1.29, 1.82) is 0 Å². The molecular formula is C18H16ClN3O2. The Labute approximate surface area is 144 Å². The molecule has 0 bridgehead atoms. The summed E-state index contributed by atoms with van der Waals surface area (Å²) in [5, 5.41) is 7.26. The minimum absolute atomic E-state index is 0.0482. The number of benzene rings is 2. The van der Waals surface area contributed by atoms with Gasteiger partial charge in [0, 0.05) is 17.0 Å². The van der Waals surface area contributed by atoms with Crippen molar-refractivity contribution in [2.45, 2.75) is 19.4 Å². The molecule has 0 saturated heterocycles. The fourth-order valence-corrected chi connectivity index (χ4v) is 2.42. The number of amides is 1. The van der Waals surface area contributed by atoms with E-state index in [-0.39, 0.29) is 12.5 Å². The second kappa shape index (κ2) is 7.75. The molecule has 2 aromatic carbocycles. The zero-order chi connectivity index (χ0) is 16.8. The van der Waals surface area contributed by atoms with Crippen LogP contribution in [0, 0.1) is 0 Å². The summed E-state index contributed by atoms with van der Waals surface area (Å²) in [7, 11) is 0. The number of nitrogens with zero attached hydrogens (tertiary/aromatic N) is 2. The summed E-state index contributed by atoms with van der Waals surface area (Å²) in [6, 6.07) is 17.1. The lowest BCUT2D eigenvalue weighted by atomic mass is 10.1. The number of aromatic nitrogens is 2. The molecule has 0 spiro atoms. The van der Waals surface area contributed by atoms with E-state index in [2.05, 4.69) is 15.5 Å². The number of aryl methyl sites for hydroxylation is 1. The van der Waals surface area contributed by atoms with Crippen LogP contribution in [0.1, 0.15) is 17.8 Å². The van der Waals surface area contributed by atoms with Crippen LogP contribution < -0.4 is 5.32 Å². The Morgan fingerprint density at radius 1 is 1.12 bits per heavy atom. The molecule has 24 heavy (non-hydrogen) atoms. The highest BCUT2D eigenvalue weighted by Crippen LogP contribution is 2.20. The van der Waals surface area contributed by atoms with E-state index in [0.717, 1.165) is 11.1 Å². The Morgan fingerprint density at radius 3 is 2.75 bits per heavy atom. The zero-order valence-corrected chi connectivity index (χ0v) is 13.7. The summed E-state index contributed by atoms with van der Waals surface area (Å²) in [4.78, 5) is 16.2. The van der Waals surface area contributed by atoms with Gasteiger partial charge in [-0.25, -0.2) is 0 Å². The first-order valence-electron chi connectivity index (χ1n) is 7.60. The average molecular weight is 342 g/mol. The van der Waals surface area contributed by atoms with Crippen LogP contribution in [0.2, 0.25) is 5.02 Å². The maximum atomic E-state index is 11.9. The lowest BCUT2D eigenvalue weighted by molar-refractivity contribution is -0.121. The molecule has 1 N–H and O–H groups in total. The number of hydrogen-bond acceptors (Lipinski definition) is 4. The Morgan fingerprint density at radius 2 is 1.96 bits per heavy atom. The normalized spacial score (nSPS) is 10.5. The largest absolute Gasteiger partial charge is 0.349 e. The molecule has 0 aliphatic rings. The molecule has 0 saturated carbocycles. The number of carbonyl (C=O) groups is 1. The first kappa shape index (κ1) is 16.2. The van der Waals surface area contributed by atoms with Gasteiger partial charge < -0.3 is 9.84 Å². The summed E-state index contributed by atoms with van der Waals surface area (Å²) < 4.78 is 5.20. The quantitative estimate of drug-likeness (QED) is 0.743. The molecule has 0 radical (unpaired) electrons. The van der Waals surface area contributed by atoms with Gasteiger partial charge in [-0.15, -0.1) is 0 Å². The fourth-order valence-electron chi connectivity index (χ4n) is 2.23. The summed E-state index contributed by atoms with van der Waals surface area (Å²) >= 11 is 5.94. The Kier molecular flexibility index (Phi) is 5.23. The van der Waals surface area contributed by atoms with Gasteiger partial charge in [0.15, 0.2) is 5.82 Å². The van der Waals surface area contributed by atoms with Crippen LogP contribution in [0.25, 0.3) is 11.5 Å². The van der Waals surface area contributed by atoms with Gasteiger partial charge in [0.05, 0.1) is 6.54 Å². The monoisotopic (exact) mass is 341 g/mol. The van der Waals surface area contributed by atoms with Crippen molar-refractivity contribution in [2.24, 2.45) is 0 Å². The van der Waals surface area contributed by atoms with Gasteiger partial charge in [0.25, 0.3) is 5.89 Å². The predicted molar refractivity (Wildman–Crippen MR) is 91.4 cm³/mol. The van der Waals surface area contributed by atoms with E-state index in [1.54, 1.807) is 12.1 Å². The number of halogens is 1. The smallest absolute Gasteiger partial charge is 0.258 e. The van der Waals surface area contributed by atoms with Crippen LogP contribution in [0.15, 0.2) is 59.1 Å². The van der Waals surface area contributed by atoms with E-state index in [0.29, 0.717) is 29.6 Å². The van der Waals surface area contributed by atoms with Crippen molar-refractivity contribution in [3.05, 3.63) is 71.0 Å². The molecule has 0 atom stereocenters. The summed E-state index contributed by atoms with van der Waals surface area (Å²) in [5.41, 5.74) is 1.88. The van der Waals surface area contributed by atoms with E-state index in [1.165, 1.54) is 0 Å². The molecule has 0 aliphatic carbocycles. The standard InChI is InChI=1S/C18H16ClN3O2/c19-15-8-4-7-14(11-15)18-21-16(22-24-18)12-20-17(23)10-9-13-5-2-1-3-6-13/h1-8,11H,9-10,12H2,(H,20,23). The van der Waals surface area contributed by atoms with Crippen LogP contribution >= 0.6 is 11.6 Å². The Balaban J connectivity index is 1.51. The molecule has 1 aromatic heterocycles. The van der Waals surface area contributed by atoms with Crippen molar-refractivity contribution in [3.63, 3.8) is 0 Å². The molecule has 122 valence electrons. The van der Waals surface area contributed by atoms with Crippen molar-refractivity contribution in [3.8, 4) is 11.5 Å². The maximum absolute atomic E-state index is 11.9. The van der Waals surface area contributed by atoms with Gasteiger partial charge in [0.2, 0.25) is 5.91 Å². The SMILES string of the molecule is O=C(CCc1ccccc1)NCc1noc(-c2cccc(Cl)c2)n1. The molecule has 0 unspecified atom stereocenters. The molecule has 1 amide bonds. The molecular weight excluding hydrogens is 326 g/mol. The second-order valence-corrected chi connectivity index (χ2v) is 5.72. The second-order valence-electron chi connectivity index (χ2n) is 5.29. The van der Waals surface area contributed by atoms with Crippen molar-refractivity contribution in [2.75, 3.05) is 0 Å². The molecule has 3 rings (SSSR count). The van der Waals surface area contributed by atoms with Gasteiger partial charge in [-0.3, -0.25) is 4.79 Å². The Hall–Kier alpha value is -2.66. The number of carbonyl (C=O) groups excluding carboxylic acids is 1. The first-order chi connectivity index (χ1) is 11.7. The number of hydrogen-bond donors (Lipinski definition) is 1. The van der Waals surface area contributed by atoms with Gasteiger partial charge in [-0.05, 0) is 30.2 Å². The summed E-state index contributed by atoms with van der Waals surface area (Å²) in [5.74, 6) is 0.761. The van der Waals surface area contributed by atoms with E-state index < -0.39 is 0 Å². The minimum Gasteiger partial charge on any atom is -0.349 e. The van der Waals surface area contributed by atoms with E-state index >= 15 is 0 Å². The van der Waals surface area contributed by atoms with Gasteiger partial charge in [-0.1, -0.05) is 53.2 Å². The van der Waals surface area contributed by atoms with Gasteiger partial charge in [-0.2, -0.15) is 4.98 Å². The minimum atomic E-state index is -0.0482. The average Bonchev–Trinajstić information content (AvgIpc) is 3.08. The van der Waals surface area contributed by atoms with Crippen LogP contribution in [-0.4, -0.2) is 16.0 Å². The molecule has 0 aliphatic heterocycles.